The van der Waals surface area contributed by atoms with Gasteiger partial charge in [-0.2, -0.15) is 0 Å². The van der Waals surface area contributed by atoms with Gasteiger partial charge in [-0.3, -0.25) is 4.99 Å². The fraction of sp³-hybridized carbons (Fsp3) is 0.500. The van der Waals surface area contributed by atoms with Crippen molar-refractivity contribution in [3.8, 4) is 0 Å². The summed E-state index contributed by atoms with van der Waals surface area (Å²) in [5, 5.41) is 0.0882. The molecule has 21 heavy (non-hydrogen) atoms. The van der Waals surface area contributed by atoms with E-state index in [0.717, 1.165) is 11.8 Å². The summed E-state index contributed by atoms with van der Waals surface area (Å²) in [5.41, 5.74) is 12.1. The summed E-state index contributed by atoms with van der Waals surface area (Å²) in [7, 11) is 0. The number of thioether (sulfide) groups is 1. The van der Waals surface area contributed by atoms with Gasteiger partial charge in [0.25, 0.3) is 6.43 Å². The van der Waals surface area contributed by atoms with E-state index in [4.69, 9.17) is 11.5 Å². The normalized spacial score (nSPS) is 35.1. The van der Waals surface area contributed by atoms with Crippen molar-refractivity contribution in [2.24, 2.45) is 22.6 Å². The number of fused-ring (bicyclic) bond motifs is 1. The SMILES string of the molecule is CC1C[C@]2(C(F)F)SC(N)=N[C@H](c3cc(N)ccc3F)C12. The average molecular weight is 315 g/mol. The molecular weight excluding hydrogens is 299 g/mol. The predicted molar refractivity (Wildman–Crippen MR) is 78.8 cm³/mol. The van der Waals surface area contributed by atoms with Crippen LogP contribution in [0.3, 0.4) is 0 Å². The van der Waals surface area contributed by atoms with Crippen LogP contribution in [0, 0.1) is 17.7 Å². The van der Waals surface area contributed by atoms with Gasteiger partial charge in [0.15, 0.2) is 5.17 Å². The van der Waals surface area contributed by atoms with E-state index in [1.165, 1.54) is 18.2 Å². The average Bonchev–Trinajstić information content (AvgIpc) is 2.39. The minimum atomic E-state index is -2.52. The first-order valence-electron chi connectivity index (χ1n) is 6.70. The molecule has 1 aromatic rings. The second kappa shape index (κ2) is 4.83. The van der Waals surface area contributed by atoms with E-state index in [0.29, 0.717) is 12.1 Å². The summed E-state index contributed by atoms with van der Waals surface area (Å²) in [6.07, 6.45) is -2.17. The standard InChI is InChI=1S/C14H16F3N3S/c1-6-5-14(12(16)17)10(6)11(20-13(19)21-14)8-4-7(18)2-3-9(8)15/h2-4,6,10-12H,5,18H2,1H3,(H2,19,20)/t6?,10?,11-,14+/m1/s1. The van der Waals surface area contributed by atoms with Gasteiger partial charge in [0.2, 0.25) is 0 Å². The van der Waals surface area contributed by atoms with E-state index in [2.05, 4.69) is 4.99 Å². The highest BCUT2D eigenvalue weighted by Gasteiger charge is 2.63. The molecule has 1 saturated carbocycles. The van der Waals surface area contributed by atoms with Gasteiger partial charge in [-0.15, -0.1) is 0 Å². The Morgan fingerprint density at radius 3 is 2.71 bits per heavy atom. The molecule has 0 spiro atoms. The van der Waals surface area contributed by atoms with Crippen LogP contribution in [0.25, 0.3) is 0 Å². The fourth-order valence-corrected chi connectivity index (χ4v) is 5.03. The smallest absolute Gasteiger partial charge is 0.253 e. The molecule has 1 aromatic carbocycles. The molecule has 1 aliphatic heterocycles. The number of hydrogen-bond acceptors (Lipinski definition) is 4. The molecule has 1 aliphatic carbocycles. The Morgan fingerprint density at radius 1 is 1.38 bits per heavy atom. The zero-order valence-corrected chi connectivity index (χ0v) is 12.2. The third-order valence-corrected chi connectivity index (χ3v) is 5.74. The molecule has 7 heteroatoms. The first-order chi connectivity index (χ1) is 9.85. The maximum absolute atomic E-state index is 14.1. The number of halogens is 3. The molecule has 0 aromatic heterocycles. The second-order valence-corrected chi connectivity index (χ2v) is 7.14. The van der Waals surface area contributed by atoms with Gasteiger partial charge in [-0.05, 0) is 30.5 Å². The number of rotatable bonds is 2. The molecule has 4 N–H and O–H groups in total. The van der Waals surface area contributed by atoms with Gasteiger partial charge in [-0.25, -0.2) is 13.2 Å². The Labute approximate surface area is 125 Å². The lowest BCUT2D eigenvalue weighted by atomic mass is 9.60. The van der Waals surface area contributed by atoms with Crippen molar-refractivity contribution >= 4 is 22.6 Å². The number of amidine groups is 1. The Kier molecular flexibility index (Phi) is 3.35. The van der Waals surface area contributed by atoms with Crippen molar-refractivity contribution in [1.82, 2.24) is 0 Å². The third-order valence-electron chi connectivity index (χ3n) is 4.43. The number of aliphatic imine (C=N–C) groups is 1. The van der Waals surface area contributed by atoms with Crippen LogP contribution < -0.4 is 11.5 Å². The molecule has 1 fully saturated rings. The molecule has 3 rings (SSSR count). The van der Waals surface area contributed by atoms with Gasteiger partial charge in [0.1, 0.15) is 5.82 Å². The van der Waals surface area contributed by atoms with Crippen LogP contribution in [0.2, 0.25) is 0 Å². The van der Waals surface area contributed by atoms with Crippen LogP contribution in [0.1, 0.15) is 24.9 Å². The minimum absolute atomic E-state index is 0.0363. The van der Waals surface area contributed by atoms with Gasteiger partial charge in [0.05, 0.1) is 10.8 Å². The second-order valence-electron chi connectivity index (χ2n) is 5.76. The lowest BCUT2D eigenvalue weighted by molar-refractivity contribution is -0.0319. The molecule has 0 saturated heterocycles. The highest BCUT2D eigenvalue weighted by Crippen LogP contribution is 2.63. The number of anilines is 1. The molecule has 3 nitrogen and oxygen atoms in total. The topological polar surface area (TPSA) is 64.4 Å². The maximum Gasteiger partial charge on any atom is 0.253 e. The summed E-state index contributed by atoms with van der Waals surface area (Å²) in [5.74, 6) is -0.889. The van der Waals surface area contributed by atoms with E-state index in [1.54, 1.807) is 0 Å². The molecule has 0 radical (unpaired) electrons. The number of nitrogen functional groups attached to an aromatic ring is 1. The Balaban J connectivity index is 2.09. The zero-order valence-electron chi connectivity index (χ0n) is 11.4. The Morgan fingerprint density at radius 2 is 2.10 bits per heavy atom. The van der Waals surface area contributed by atoms with Gasteiger partial charge >= 0.3 is 0 Å². The van der Waals surface area contributed by atoms with Crippen LogP contribution in [-0.4, -0.2) is 16.3 Å². The van der Waals surface area contributed by atoms with Crippen molar-refractivity contribution in [2.75, 3.05) is 5.73 Å². The molecular formula is C14H16F3N3S. The fourth-order valence-electron chi connectivity index (χ4n) is 3.54. The molecule has 2 unspecified atom stereocenters. The Bertz CT molecular complexity index is 607. The highest BCUT2D eigenvalue weighted by molar-refractivity contribution is 8.15. The quantitative estimate of drug-likeness (QED) is 0.824. The molecule has 0 bridgehead atoms. The highest BCUT2D eigenvalue weighted by atomic mass is 32.2. The van der Waals surface area contributed by atoms with Gasteiger partial charge < -0.3 is 11.5 Å². The van der Waals surface area contributed by atoms with Crippen molar-refractivity contribution in [2.45, 2.75) is 30.6 Å². The van der Waals surface area contributed by atoms with Gasteiger partial charge in [0, 0.05) is 17.2 Å². The number of nitrogens with two attached hydrogens (primary N) is 2. The van der Waals surface area contributed by atoms with Crippen molar-refractivity contribution in [3.05, 3.63) is 29.6 Å². The van der Waals surface area contributed by atoms with Crippen LogP contribution in [0.5, 0.6) is 0 Å². The predicted octanol–water partition coefficient (Wildman–Crippen LogP) is 3.17. The number of hydrogen-bond donors (Lipinski definition) is 2. The van der Waals surface area contributed by atoms with E-state index in [-0.39, 0.29) is 16.6 Å². The monoisotopic (exact) mass is 315 g/mol. The molecule has 114 valence electrons. The largest absolute Gasteiger partial charge is 0.399 e. The molecule has 1 heterocycles. The van der Waals surface area contributed by atoms with Gasteiger partial charge in [-0.1, -0.05) is 18.7 Å². The molecule has 4 atom stereocenters. The zero-order chi connectivity index (χ0) is 15.4. The lowest BCUT2D eigenvalue weighted by Gasteiger charge is -2.56. The summed E-state index contributed by atoms with van der Waals surface area (Å²) < 4.78 is 40.0. The number of benzene rings is 1. The van der Waals surface area contributed by atoms with Crippen LogP contribution in [-0.2, 0) is 0 Å². The van der Waals surface area contributed by atoms with E-state index in [9.17, 15) is 13.2 Å². The number of alkyl halides is 2. The van der Waals surface area contributed by atoms with Crippen molar-refractivity contribution in [1.29, 1.82) is 0 Å². The summed E-state index contributed by atoms with van der Waals surface area (Å²) in [4.78, 5) is 4.24. The first-order valence-corrected chi connectivity index (χ1v) is 7.52. The number of nitrogens with zero attached hydrogens (tertiary/aromatic N) is 1. The van der Waals surface area contributed by atoms with Crippen LogP contribution in [0.4, 0.5) is 18.9 Å². The van der Waals surface area contributed by atoms with Crippen molar-refractivity contribution < 1.29 is 13.2 Å². The minimum Gasteiger partial charge on any atom is -0.399 e. The van der Waals surface area contributed by atoms with Crippen LogP contribution >= 0.6 is 11.8 Å². The first kappa shape index (κ1) is 14.6. The lowest BCUT2D eigenvalue weighted by Crippen LogP contribution is -2.60. The Hall–Kier alpha value is -1.37. The van der Waals surface area contributed by atoms with E-state index in [1.807, 2.05) is 6.92 Å². The third kappa shape index (κ3) is 2.09. The summed E-state index contributed by atoms with van der Waals surface area (Å²) >= 11 is 0.928. The summed E-state index contributed by atoms with van der Waals surface area (Å²) in [6, 6.07) is 3.45. The van der Waals surface area contributed by atoms with Crippen LogP contribution in [0.15, 0.2) is 23.2 Å². The van der Waals surface area contributed by atoms with E-state index < -0.39 is 28.9 Å². The maximum atomic E-state index is 14.1. The van der Waals surface area contributed by atoms with Crippen molar-refractivity contribution in [3.63, 3.8) is 0 Å². The molecule has 2 aliphatic rings. The van der Waals surface area contributed by atoms with E-state index >= 15 is 0 Å². The summed E-state index contributed by atoms with van der Waals surface area (Å²) in [6.45, 7) is 1.89. The molecule has 0 amide bonds.